The minimum atomic E-state index is -4.01. The van der Waals surface area contributed by atoms with E-state index in [9.17, 15) is 22.4 Å². The standard InChI is InChI=1S/C25H21FN2O4S/c1-16-3-7-19(8-4-16)23-17(2)25(30)28(33(23,31)32)15-18-5-9-20(10-6-18)24(29)27-22-13-11-21(26)12-14-22/h3-14H,15H2,1-2H3,(H,27,29). The largest absolute Gasteiger partial charge is 0.322 e. The highest BCUT2D eigenvalue weighted by Gasteiger charge is 2.42. The lowest BCUT2D eigenvalue weighted by molar-refractivity contribution is -0.122. The molecule has 3 aromatic carbocycles. The summed E-state index contributed by atoms with van der Waals surface area (Å²) in [5, 5.41) is 2.66. The highest BCUT2D eigenvalue weighted by atomic mass is 32.2. The van der Waals surface area contributed by atoms with Gasteiger partial charge in [0.2, 0.25) is 0 Å². The summed E-state index contributed by atoms with van der Waals surface area (Å²) in [5.41, 5.74) is 2.98. The average Bonchev–Trinajstić information content (AvgIpc) is 2.96. The fourth-order valence-electron chi connectivity index (χ4n) is 3.59. The van der Waals surface area contributed by atoms with Crippen molar-refractivity contribution in [2.75, 3.05) is 5.32 Å². The van der Waals surface area contributed by atoms with Gasteiger partial charge in [-0.2, -0.15) is 0 Å². The van der Waals surface area contributed by atoms with Gasteiger partial charge in [0.25, 0.3) is 21.8 Å². The molecule has 0 aliphatic carbocycles. The van der Waals surface area contributed by atoms with Crippen LogP contribution in [0.4, 0.5) is 10.1 Å². The van der Waals surface area contributed by atoms with Crippen molar-refractivity contribution in [2.45, 2.75) is 20.4 Å². The molecule has 0 atom stereocenters. The number of sulfonamides is 1. The van der Waals surface area contributed by atoms with E-state index in [-0.39, 0.29) is 17.0 Å². The zero-order chi connectivity index (χ0) is 23.8. The van der Waals surface area contributed by atoms with Crippen molar-refractivity contribution in [1.29, 1.82) is 0 Å². The van der Waals surface area contributed by atoms with Gasteiger partial charge in [-0.05, 0) is 61.4 Å². The van der Waals surface area contributed by atoms with Crippen LogP contribution in [0.2, 0.25) is 0 Å². The Morgan fingerprint density at radius 2 is 1.52 bits per heavy atom. The molecule has 0 aromatic heterocycles. The summed E-state index contributed by atoms with van der Waals surface area (Å²) in [6.45, 7) is 3.26. The molecule has 0 saturated carbocycles. The Kier molecular flexibility index (Phi) is 5.86. The van der Waals surface area contributed by atoms with Gasteiger partial charge in [-0.1, -0.05) is 42.0 Å². The first-order chi connectivity index (χ1) is 15.7. The second-order valence-electron chi connectivity index (χ2n) is 7.79. The summed E-state index contributed by atoms with van der Waals surface area (Å²) < 4.78 is 40.2. The number of rotatable bonds is 5. The lowest BCUT2D eigenvalue weighted by Gasteiger charge is -2.17. The van der Waals surface area contributed by atoms with E-state index in [1.54, 1.807) is 48.5 Å². The van der Waals surface area contributed by atoms with Crippen molar-refractivity contribution < 1.29 is 22.4 Å². The normalized spacial score (nSPS) is 15.1. The quantitative estimate of drug-likeness (QED) is 0.603. The van der Waals surface area contributed by atoms with Gasteiger partial charge in [0.15, 0.2) is 0 Å². The van der Waals surface area contributed by atoms with E-state index in [0.29, 0.717) is 22.4 Å². The summed E-state index contributed by atoms with van der Waals surface area (Å²) in [4.78, 5) is 25.2. The van der Waals surface area contributed by atoms with Crippen LogP contribution in [0.15, 0.2) is 78.4 Å². The monoisotopic (exact) mass is 464 g/mol. The van der Waals surface area contributed by atoms with Crippen LogP contribution in [0, 0.1) is 12.7 Å². The van der Waals surface area contributed by atoms with Crippen molar-refractivity contribution in [3.8, 4) is 0 Å². The van der Waals surface area contributed by atoms with Crippen LogP contribution in [-0.2, 0) is 21.4 Å². The van der Waals surface area contributed by atoms with Crippen molar-refractivity contribution in [2.24, 2.45) is 0 Å². The van der Waals surface area contributed by atoms with Gasteiger partial charge in [0.05, 0.1) is 6.54 Å². The second kappa shape index (κ2) is 8.63. The number of nitrogens with zero attached hydrogens (tertiary/aromatic N) is 1. The summed E-state index contributed by atoms with van der Waals surface area (Å²) >= 11 is 0. The van der Waals surface area contributed by atoms with Crippen molar-refractivity contribution in [3.05, 3.63) is 106 Å². The summed E-state index contributed by atoms with van der Waals surface area (Å²) in [6, 6.07) is 18.7. The molecule has 0 unspecified atom stereocenters. The van der Waals surface area contributed by atoms with Gasteiger partial charge in [-0.25, -0.2) is 17.1 Å². The number of hydrogen-bond acceptors (Lipinski definition) is 4. The minimum Gasteiger partial charge on any atom is -0.322 e. The molecule has 2 amide bonds. The van der Waals surface area contributed by atoms with Crippen LogP contribution < -0.4 is 5.32 Å². The van der Waals surface area contributed by atoms with Crippen LogP contribution in [0.1, 0.15) is 34.0 Å². The maximum absolute atomic E-state index is 13.2. The van der Waals surface area contributed by atoms with Crippen molar-refractivity contribution in [1.82, 2.24) is 4.31 Å². The minimum absolute atomic E-state index is 0.0165. The van der Waals surface area contributed by atoms with Crippen molar-refractivity contribution >= 4 is 32.4 Å². The number of benzene rings is 3. The first-order valence-corrected chi connectivity index (χ1v) is 11.6. The number of hydrogen-bond donors (Lipinski definition) is 1. The Morgan fingerprint density at radius 1 is 0.909 bits per heavy atom. The maximum atomic E-state index is 13.2. The van der Waals surface area contributed by atoms with Crippen LogP contribution in [0.3, 0.4) is 0 Å². The van der Waals surface area contributed by atoms with E-state index in [1.807, 2.05) is 6.92 Å². The Labute approximate surface area is 191 Å². The zero-order valence-corrected chi connectivity index (χ0v) is 18.8. The maximum Gasteiger partial charge on any atom is 0.268 e. The first-order valence-electron chi connectivity index (χ1n) is 10.2. The molecule has 1 heterocycles. The third-order valence-electron chi connectivity index (χ3n) is 5.39. The fourth-order valence-corrected chi connectivity index (χ4v) is 5.39. The molecule has 6 nitrogen and oxygen atoms in total. The van der Waals surface area contributed by atoms with Crippen LogP contribution in [0.5, 0.6) is 0 Å². The van der Waals surface area contributed by atoms with Gasteiger partial charge in [-0.3, -0.25) is 9.59 Å². The molecule has 1 N–H and O–H groups in total. The highest BCUT2D eigenvalue weighted by Crippen LogP contribution is 2.36. The Balaban J connectivity index is 1.51. The molecule has 0 saturated heterocycles. The number of anilines is 1. The molecule has 4 rings (SSSR count). The lowest BCUT2D eigenvalue weighted by atomic mass is 10.1. The molecule has 3 aromatic rings. The third-order valence-corrected chi connectivity index (χ3v) is 7.33. The third kappa shape index (κ3) is 4.42. The summed E-state index contributed by atoms with van der Waals surface area (Å²) in [5.74, 6) is -1.36. The fraction of sp³-hybridized carbons (Fsp3) is 0.120. The van der Waals surface area contributed by atoms with Gasteiger partial charge in [0, 0.05) is 16.8 Å². The molecule has 8 heteroatoms. The SMILES string of the molecule is CC1=C(c2ccc(C)cc2)S(=O)(=O)N(Cc2ccc(C(=O)Nc3ccc(F)cc3)cc2)C1=O. The van der Waals surface area contributed by atoms with E-state index in [4.69, 9.17) is 0 Å². The van der Waals surface area contributed by atoms with E-state index in [1.165, 1.54) is 31.2 Å². The van der Waals surface area contributed by atoms with E-state index in [0.717, 1.165) is 9.87 Å². The smallest absolute Gasteiger partial charge is 0.268 e. The van der Waals surface area contributed by atoms with Crippen LogP contribution in [0.25, 0.3) is 4.91 Å². The number of amides is 2. The van der Waals surface area contributed by atoms with Gasteiger partial charge < -0.3 is 5.32 Å². The Hall–Kier alpha value is -3.78. The molecule has 0 spiro atoms. The van der Waals surface area contributed by atoms with Crippen LogP contribution in [-0.4, -0.2) is 24.5 Å². The van der Waals surface area contributed by atoms with Crippen molar-refractivity contribution in [3.63, 3.8) is 0 Å². The van der Waals surface area contributed by atoms with E-state index < -0.39 is 27.7 Å². The van der Waals surface area contributed by atoms with Gasteiger partial charge in [-0.15, -0.1) is 0 Å². The number of aryl methyl sites for hydroxylation is 1. The predicted octanol–water partition coefficient (Wildman–Crippen LogP) is 4.49. The molecule has 1 aliphatic rings. The number of nitrogens with one attached hydrogen (secondary N) is 1. The lowest BCUT2D eigenvalue weighted by Crippen LogP contribution is -2.30. The molecule has 33 heavy (non-hydrogen) atoms. The average molecular weight is 465 g/mol. The number of halogens is 1. The second-order valence-corrected chi connectivity index (χ2v) is 9.59. The van der Waals surface area contributed by atoms with Gasteiger partial charge >= 0.3 is 0 Å². The molecular formula is C25H21FN2O4S. The van der Waals surface area contributed by atoms with E-state index >= 15 is 0 Å². The van der Waals surface area contributed by atoms with E-state index in [2.05, 4.69) is 5.32 Å². The summed E-state index contributed by atoms with van der Waals surface area (Å²) in [6.07, 6.45) is 0. The molecule has 0 fully saturated rings. The molecule has 1 aliphatic heterocycles. The van der Waals surface area contributed by atoms with Crippen LogP contribution >= 0.6 is 0 Å². The predicted molar refractivity (Wildman–Crippen MR) is 124 cm³/mol. The molecule has 0 bridgehead atoms. The summed E-state index contributed by atoms with van der Waals surface area (Å²) in [7, 11) is -4.01. The number of carbonyl (C=O) groups is 2. The number of carbonyl (C=O) groups excluding carboxylic acids is 2. The molecule has 168 valence electrons. The zero-order valence-electron chi connectivity index (χ0n) is 18.0. The Bertz CT molecular complexity index is 1360. The first kappa shape index (κ1) is 22.4. The van der Waals surface area contributed by atoms with Gasteiger partial charge in [0.1, 0.15) is 10.7 Å². The molecular weight excluding hydrogens is 443 g/mol. The highest BCUT2D eigenvalue weighted by molar-refractivity contribution is 7.99. The Morgan fingerprint density at radius 3 is 2.12 bits per heavy atom. The molecule has 0 radical (unpaired) electrons. The topological polar surface area (TPSA) is 83.6 Å².